The maximum atomic E-state index is 13.1. The highest BCUT2D eigenvalue weighted by atomic mass is 16.6. The molecule has 4 fully saturated rings. The van der Waals surface area contributed by atoms with Crippen LogP contribution in [0.5, 0.6) is 5.75 Å². The smallest absolute Gasteiger partial charge is 0.410 e. The zero-order chi connectivity index (χ0) is 28.5. The van der Waals surface area contributed by atoms with Crippen molar-refractivity contribution in [1.29, 1.82) is 0 Å². The van der Waals surface area contributed by atoms with E-state index in [4.69, 9.17) is 19.2 Å². The molecule has 0 aromatic carbocycles. The third-order valence-electron chi connectivity index (χ3n) is 9.53. The van der Waals surface area contributed by atoms with Crippen LogP contribution in [0, 0.1) is 5.92 Å². The van der Waals surface area contributed by atoms with Gasteiger partial charge in [0.25, 0.3) is 0 Å². The summed E-state index contributed by atoms with van der Waals surface area (Å²) in [5, 5.41) is 0. The lowest BCUT2D eigenvalue weighted by Crippen LogP contribution is -2.50. The average molecular weight is 564 g/mol. The van der Waals surface area contributed by atoms with Crippen molar-refractivity contribution in [2.24, 2.45) is 13.0 Å². The molecule has 220 valence electrons. The molecule has 2 atom stereocenters. The number of piperidine rings is 2. The Kier molecular flexibility index (Phi) is 6.24. The summed E-state index contributed by atoms with van der Waals surface area (Å²) in [6, 6.07) is 4.18. The summed E-state index contributed by atoms with van der Waals surface area (Å²) in [6.45, 7) is 7.42. The minimum Gasteiger partial charge on any atom is -0.478 e. The second kappa shape index (κ2) is 9.63. The van der Waals surface area contributed by atoms with Crippen LogP contribution in [0.1, 0.15) is 89.6 Å². The molecule has 1 aliphatic carbocycles. The van der Waals surface area contributed by atoms with E-state index < -0.39 is 11.2 Å². The molecule has 3 saturated heterocycles. The van der Waals surface area contributed by atoms with Crippen molar-refractivity contribution >= 4 is 12.2 Å². The molecule has 10 nitrogen and oxygen atoms in total. The fourth-order valence-electron chi connectivity index (χ4n) is 7.43. The molecule has 2 unspecified atom stereocenters. The fraction of sp³-hybridized carbons (Fsp3) is 0.677. The number of hydrogen-bond donors (Lipinski definition) is 0. The van der Waals surface area contributed by atoms with Gasteiger partial charge in [0.05, 0.1) is 12.3 Å². The van der Waals surface area contributed by atoms with E-state index in [0.29, 0.717) is 38.5 Å². The van der Waals surface area contributed by atoms with Crippen LogP contribution in [0.4, 0.5) is 9.59 Å². The second-order valence-electron chi connectivity index (χ2n) is 13.6. The van der Waals surface area contributed by atoms with Gasteiger partial charge in [0, 0.05) is 57.2 Å². The van der Waals surface area contributed by atoms with Crippen LogP contribution in [0.3, 0.4) is 0 Å². The van der Waals surface area contributed by atoms with Crippen LogP contribution in [-0.2, 0) is 22.1 Å². The Labute approximate surface area is 241 Å². The zero-order valence-electron chi connectivity index (χ0n) is 24.6. The summed E-state index contributed by atoms with van der Waals surface area (Å²) in [6.07, 6.45) is 8.72. The Bertz CT molecular complexity index is 1340. The number of likely N-dealkylation sites (tertiary alicyclic amines) is 1. The second-order valence-corrected chi connectivity index (χ2v) is 13.6. The van der Waals surface area contributed by atoms with Crippen LogP contribution < -0.4 is 4.74 Å². The molecule has 41 heavy (non-hydrogen) atoms. The molecule has 10 heteroatoms. The van der Waals surface area contributed by atoms with E-state index in [1.807, 2.05) is 42.7 Å². The first kappa shape index (κ1) is 26.6. The van der Waals surface area contributed by atoms with E-state index >= 15 is 0 Å². The summed E-state index contributed by atoms with van der Waals surface area (Å²) in [5.74, 6) is 2.55. The quantitative estimate of drug-likeness (QED) is 0.496. The highest BCUT2D eigenvalue weighted by Crippen LogP contribution is 2.51. The van der Waals surface area contributed by atoms with Crippen molar-refractivity contribution in [3.8, 4) is 17.1 Å². The van der Waals surface area contributed by atoms with Gasteiger partial charge >= 0.3 is 12.2 Å². The fourth-order valence-corrected chi connectivity index (χ4v) is 7.43. The molecule has 7 rings (SSSR count). The largest absolute Gasteiger partial charge is 0.478 e. The van der Waals surface area contributed by atoms with Crippen molar-refractivity contribution in [3.05, 3.63) is 29.8 Å². The van der Waals surface area contributed by atoms with Gasteiger partial charge < -0.3 is 28.6 Å². The molecule has 0 N–H and O–H groups in total. The first-order valence-corrected chi connectivity index (χ1v) is 15.3. The van der Waals surface area contributed by atoms with E-state index in [1.165, 1.54) is 0 Å². The minimum absolute atomic E-state index is 0.155. The number of imidazole rings is 1. The molecule has 2 bridgehead atoms. The normalized spacial score (nSPS) is 26.3. The third-order valence-corrected chi connectivity index (χ3v) is 9.53. The lowest BCUT2D eigenvalue weighted by molar-refractivity contribution is -0.0115. The third kappa shape index (κ3) is 4.73. The molecule has 2 aromatic rings. The molecule has 0 radical (unpaired) electrons. The van der Waals surface area contributed by atoms with Crippen molar-refractivity contribution < 1.29 is 23.8 Å². The van der Waals surface area contributed by atoms with E-state index in [9.17, 15) is 9.59 Å². The van der Waals surface area contributed by atoms with E-state index in [1.54, 1.807) is 6.20 Å². The van der Waals surface area contributed by atoms with Crippen molar-refractivity contribution in [3.63, 3.8) is 0 Å². The van der Waals surface area contributed by atoms with Crippen LogP contribution in [0.15, 0.2) is 18.3 Å². The molecule has 5 aliphatic rings. The number of nitrogens with zero attached hydrogens (tertiary/aromatic N) is 5. The van der Waals surface area contributed by atoms with Gasteiger partial charge in [-0.25, -0.2) is 14.6 Å². The topological polar surface area (TPSA) is 99.0 Å². The molecule has 1 spiro atoms. The van der Waals surface area contributed by atoms with Crippen molar-refractivity contribution in [2.75, 3.05) is 19.7 Å². The van der Waals surface area contributed by atoms with Crippen LogP contribution in [0.2, 0.25) is 0 Å². The monoisotopic (exact) mass is 563 g/mol. The summed E-state index contributed by atoms with van der Waals surface area (Å²) in [5.41, 5.74) is 1.61. The maximum absolute atomic E-state index is 13.1. The van der Waals surface area contributed by atoms with E-state index in [-0.39, 0.29) is 30.2 Å². The predicted molar refractivity (Wildman–Crippen MR) is 150 cm³/mol. The van der Waals surface area contributed by atoms with Gasteiger partial charge in [-0.3, -0.25) is 4.98 Å². The van der Waals surface area contributed by atoms with Crippen molar-refractivity contribution in [1.82, 2.24) is 24.3 Å². The molecule has 2 amide bonds. The molecular formula is C31H41N5O5. The summed E-state index contributed by atoms with van der Waals surface area (Å²) in [7, 11) is 2.10. The standard InChI is InChI=1S/C31H41N5O5/c1-30(2,3)41-29(38)36-21-9-10-22(36)17-20(16-21)27-33-25-24-23(6-5-13-32-24)40-31(26(25)34(27)4)11-14-35(15-12-31)28(37)39-18-19-7-8-19/h5-6,13,19-22H,7-12,14-18H2,1-4H3. The number of carbonyl (C=O) groups is 2. The lowest BCUT2D eigenvalue weighted by atomic mass is 9.84. The number of fused-ring (bicyclic) bond motifs is 6. The first-order valence-electron chi connectivity index (χ1n) is 15.3. The summed E-state index contributed by atoms with van der Waals surface area (Å²) < 4.78 is 20.4. The van der Waals surface area contributed by atoms with Gasteiger partial charge in [-0.2, -0.15) is 0 Å². The number of pyridine rings is 1. The Hall–Kier alpha value is -3.30. The van der Waals surface area contributed by atoms with Crippen LogP contribution in [0.25, 0.3) is 11.4 Å². The highest BCUT2D eigenvalue weighted by molar-refractivity contribution is 5.71. The van der Waals surface area contributed by atoms with Crippen molar-refractivity contribution in [2.45, 2.75) is 101 Å². The number of amides is 2. The zero-order valence-corrected chi connectivity index (χ0v) is 24.6. The highest BCUT2D eigenvalue weighted by Gasteiger charge is 2.51. The Balaban J connectivity index is 1.16. The van der Waals surface area contributed by atoms with Crippen LogP contribution in [-0.4, -0.2) is 73.9 Å². The van der Waals surface area contributed by atoms with E-state index in [2.05, 4.69) is 16.6 Å². The average Bonchev–Trinajstić information content (AvgIpc) is 3.64. The number of carbonyl (C=O) groups excluding carboxylic acids is 2. The molecule has 2 aromatic heterocycles. The maximum Gasteiger partial charge on any atom is 0.410 e. The molecule has 1 saturated carbocycles. The molecule has 4 aliphatic heterocycles. The van der Waals surface area contributed by atoms with Gasteiger partial charge in [-0.15, -0.1) is 0 Å². The Morgan fingerprint density at radius 2 is 1.76 bits per heavy atom. The van der Waals surface area contributed by atoms with Crippen LogP contribution >= 0.6 is 0 Å². The Morgan fingerprint density at radius 1 is 1.05 bits per heavy atom. The molecular weight excluding hydrogens is 522 g/mol. The Morgan fingerprint density at radius 3 is 2.41 bits per heavy atom. The number of ether oxygens (including phenoxy) is 3. The number of rotatable bonds is 3. The minimum atomic E-state index is -0.588. The number of hydrogen-bond acceptors (Lipinski definition) is 7. The van der Waals surface area contributed by atoms with E-state index in [0.717, 1.165) is 67.2 Å². The van der Waals surface area contributed by atoms with Gasteiger partial charge in [0.1, 0.15) is 28.6 Å². The number of aromatic nitrogens is 3. The SMILES string of the molecule is Cn1c(C2CC3CCC(C2)N3C(=O)OC(C)(C)C)nc2c1C1(CCN(C(=O)OCC3CC3)CC1)Oc1cccnc1-2. The van der Waals surface area contributed by atoms with Gasteiger partial charge in [0.2, 0.25) is 0 Å². The molecule has 6 heterocycles. The van der Waals surface area contributed by atoms with Gasteiger partial charge in [0.15, 0.2) is 5.60 Å². The first-order chi connectivity index (χ1) is 19.6. The predicted octanol–water partition coefficient (Wildman–Crippen LogP) is 5.36. The van der Waals surface area contributed by atoms with Gasteiger partial charge in [-0.1, -0.05) is 0 Å². The van der Waals surface area contributed by atoms with Gasteiger partial charge in [-0.05, 0) is 77.3 Å². The summed E-state index contributed by atoms with van der Waals surface area (Å²) in [4.78, 5) is 39.6. The summed E-state index contributed by atoms with van der Waals surface area (Å²) >= 11 is 0. The lowest BCUT2D eigenvalue weighted by Gasteiger charge is -2.44.